The smallest absolute Gasteiger partial charge is 0.0693 e. The van der Waals surface area contributed by atoms with Crippen LogP contribution in [0.4, 0.5) is 0 Å². The molecule has 1 aromatic rings. The third kappa shape index (κ3) is 3.19. The van der Waals surface area contributed by atoms with Gasteiger partial charge >= 0.3 is 0 Å². The van der Waals surface area contributed by atoms with Crippen LogP contribution in [-0.4, -0.2) is 10.4 Å². The minimum Gasteiger partial charge on any atom is -0.392 e. The summed E-state index contributed by atoms with van der Waals surface area (Å²) in [5, 5.41) is 10.4. The summed E-state index contributed by atoms with van der Waals surface area (Å²) in [5.41, 5.74) is 0.919. The molecule has 0 amide bonds. The van der Waals surface area contributed by atoms with Gasteiger partial charge in [0.05, 0.1) is 6.61 Å². The second-order valence-corrected chi connectivity index (χ2v) is 5.16. The van der Waals surface area contributed by atoms with Crippen molar-refractivity contribution in [1.29, 1.82) is 0 Å². The maximum Gasteiger partial charge on any atom is 0.0693 e. The average molecular weight is 231 g/mol. The summed E-state index contributed by atoms with van der Waals surface area (Å²) < 4.78 is 0. The molecule has 0 saturated carbocycles. The normalized spacial score (nSPS) is 12.9. The predicted octanol–water partition coefficient (Wildman–Crippen LogP) is 3.72. The van der Waals surface area contributed by atoms with Crippen molar-refractivity contribution in [3.8, 4) is 0 Å². The summed E-state index contributed by atoms with van der Waals surface area (Å²) >= 11 is 7.63. The fraction of sp³-hybridized carbons (Fsp3) is 0.455. The Morgan fingerprint density at radius 3 is 2.79 bits per heavy atom. The van der Waals surface area contributed by atoms with Gasteiger partial charge < -0.3 is 5.11 Å². The lowest BCUT2D eigenvalue weighted by atomic mass is 10.2. The summed E-state index contributed by atoms with van der Waals surface area (Å²) in [6, 6.07) is 5.67. The lowest BCUT2D eigenvalue weighted by molar-refractivity contribution is 0.279. The van der Waals surface area contributed by atoms with Crippen molar-refractivity contribution in [3.05, 3.63) is 28.8 Å². The van der Waals surface area contributed by atoms with Crippen molar-refractivity contribution in [2.24, 2.45) is 0 Å². The lowest BCUT2D eigenvalue weighted by Gasteiger charge is -2.11. The molecular formula is C11H15ClOS. The van der Waals surface area contributed by atoms with E-state index in [2.05, 4.69) is 13.8 Å². The molecule has 0 aliphatic heterocycles. The van der Waals surface area contributed by atoms with Gasteiger partial charge in [-0.15, -0.1) is 11.8 Å². The highest BCUT2D eigenvalue weighted by Crippen LogP contribution is 2.30. The third-order valence-corrected chi connectivity index (χ3v) is 3.72. The Morgan fingerprint density at radius 1 is 1.50 bits per heavy atom. The van der Waals surface area contributed by atoms with Gasteiger partial charge in [-0.3, -0.25) is 0 Å². The Balaban J connectivity index is 2.85. The van der Waals surface area contributed by atoms with Gasteiger partial charge in [0.25, 0.3) is 0 Å². The average Bonchev–Trinajstić information content (AvgIpc) is 2.20. The van der Waals surface area contributed by atoms with E-state index in [0.717, 1.165) is 16.9 Å². The first kappa shape index (κ1) is 11.9. The molecule has 0 bridgehead atoms. The molecule has 14 heavy (non-hydrogen) atoms. The number of hydrogen-bond donors (Lipinski definition) is 1. The first-order valence-corrected chi connectivity index (χ1v) is 5.99. The van der Waals surface area contributed by atoms with Crippen LogP contribution in [-0.2, 0) is 6.61 Å². The van der Waals surface area contributed by atoms with Gasteiger partial charge in [0.15, 0.2) is 0 Å². The summed E-state index contributed by atoms with van der Waals surface area (Å²) in [6.07, 6.45) is 1.12. The second-order valence-electron chi connectivity index (χ2n) is 3.25. The Morgan fingerprint density at radius 2 is 2.21 bits per heavy atom. The standard InChI is InChI=1S/C11H15ClOS/c1-3-8(2)14-11-5-4-10(12)6-9(11)7-13/h4-6,8,13H,3,7H2,1-2H3. The summed E-state index contributed by atoms with van der Waals surface area (Å²) in [4.78, 5) is 1.13. The topological polar surface area (TPSA) is 20.2 Å². The predicted molar refractivity (Wildman–Crippen MR) is 63.0 cm³/mol. The molecule has 1 N–H and O–H groups in total. The van der Waals surface area contributed by atoms with Gasteiger partial charge in [0, 0.05) is 15.2 Å². The Hall–Kier alpha value is -0.180. The molecule has 0 fully saturated rings. The van der Waals surface area contributed by atoms with E-state index in [0.29, 0.717) is 10.3 Å². The van der Waals surface area contributed by atoms with Crippen molar-refractivity contribution in [2.45, 2.75) is 37.0 Å². The number of benzene rings is 1. The SMILES string of the molecule is CCC(C)Sc1ccc(Cl)cc1CO. The van der Waals surface area contributed by atoms with Crippen LogP contribution in [0.5, 0.6) is 0 Å². The maximum absolute atomic E-state index is 9.16. The molecule has 1 aromatic carbocycles. The Labute approximate surface area is 94.5 Å². The molecule has 1 unspecified atom stereocenters. The molecule has 0 aliphatic rings. The molecule has 0 saturated heterocycles. The van der Waals surface area contributed by atoms with E-state index in [1.807, 2.05) is 18.2 Å². The van der Waals surface area contributed by atoms with Crippen LogP contribution >= 0.6 is 23.4 Å². The van der Waals surface area contributed by atoms with E-state index in [9.17, 15) is 0 Å². The largest absolute Gasteiger partial charge is 0.392 e. The molecule has 0 heterocycles. The van der Waals surface area contributed by atoms with Crippen LogP contribution in [0.1, 0.15) is 25.8 Å². The van der Waals surface area contributed by atoms with Crippen LogP contribution < -0.4 is 0 Å². The number of aliphatic hydroxyl groups is 1. The Kier molecular flexibility index (Phi) is 4.79. The molecule has 3 heteroatoms. The number of halogens is 1. The fourth-order valence-corrected chi connectivity index (χ4v) is 2.30. The van der Waals surface area contributed by atoms with Crippen LogP contribution in [0.2, 0.25) is 5.02 Å². The van der Waals surface area contributed by atoms with E-state index in [1.54, 1.807) is 11.8 Å². The first-order valence-electron chi connectivity index (χ1n) is 4.73. The number of aliphatic hydroxyl groups excluding tert-OH is 1. The minimum atomic E-state index is 0.0549. The van der Waals surface area contributed by atoms with E-state index in [4.69, 9.17) is 16.7 Å². The van der Waals surface area contributed by atoms with Crippen molar-refractivity contribution in [2.75, 3.05) is 0 Å². The molecule has 78 valence electrons. The van der Waals surface area contributed by atoms with E-state index in [1.165, 1.54) is 0 Å². The zero-order valence-electron chi connectivity index (χ0n) is 8.46. The quantitative estimate of drug-likeness (QED) is 0.796. The number of hydrogen-bond acceptors (Lipinski definition) is 2. The number of rotatable bonds is 4. The van der Waals surface area contributed by atoms with Crippen molar-refractivity contribution < 1.29 is 5.11 Å². The third-order valence-electron chi connectivity index (χ3n) is 2.10. The van der Waals surface area contributed by atoms with Crippen LogP contribution in [0.3, 0.4) is 0 Å². The molecule has 0 aromatic heterocycles. The van der Waals surface area contributed by atoms with Gasteiger partial charge in [-0.2, -0.15) is 0 Å². The fourth-order valence-electron chi connectivity index (χ4n) is 1.09. The highest BCUT2D eigenvalue weighted by molar-refractivity contribution is 8.00. The van der Waals surface area contributed by atoms with Gasteiger partial charge in [-0.05, 0) is 30.2 Å². The molecule has 1 atom stereocenters. The number of thioether (sulfide) groups is 1. The highest BCUT2D eigenvalue weighted by Gasteiger charge is 2.06. The van der Waals surface area contributed by atoms with E-state index < -0.39 is 0 Å². The minimum absolute atomic E-state index is 0.0549. The van der Waals surface area contributed by atoms with Gasteiger partial charge in [-0.25, -0.2) is 0 Å². The second kappa shape index (κ2) is 5.64. The van der Waals surface area contributed by atoms with Gasteiger partial charge in [0.1, 0.15) is 0 Å². The monoisotopic (exact) mass is 230 g/mol. The van der Waals surface area contributed by atoms with E-state index >= 15 is 0 Å². The van der Waals surface area contributed by atoms with Crippen LogP contribution in [0, 0.1) is 0 Å². The Bertz CT molecular complexity index is 301. The molecule has 0 radical (unpaired) electrons. The zero-order chi connectivity index (χ0) is 10.6. The maximum atomic E-state index is 9.16. The highest BCUT2D eigenvalue weighted by atomic mass is 35.5. The molecule has 1 rings (SSSR count). The lowest BCUT2D eigenvalue weighted by Crippen LogP contribution is -1.95. The zero-order valence-corrected chi connectivity index (χ0v) is 10.0. The molecule has 0 spiro atoms. The summed E-state index contributed by atoms with van der Waals surface area (Å²) in [5.74, 6) is 0. The molecule has 0 aliphatic carbocycles. The summed E-state index contributed by atoms with van der Waals surface area (Å²) in [6.45, 7) is 4.39. The molecule has 1 nitrogen and oxygen atoms in total. The van der Waals surface area contributed by atoms with Crippen molar-refractivity contribution in [3.63, 3.8) is 0 Å². The van der Waals surface area contributed by atoms with Gasteiger partial charge in [0.2, 0.25) is 0 Å². The molecular weight excluding hydrogens is 216 g/mol. The van der Waals surface area contributed by atoms with E-state index in [-0.39, 0.29) is 6.61 Å². The summed E-state index contributed by atoms with van der Waals surface area (Å²) in [7, 11) is 0. The first-order chi connectivity index (χ1) is 6.67. The van der Waals surface area contributed by atoms with Crippen molar-refractivity contribution in [1.82, 2.24) is 0 Å². The van der Waals surface area contributed by atoms with Crippen LogP contribution in [0.25, 0.3) is 0 Å². The van der Waals surface area contributed by atoms with Gasteiger partial charge in [-0.1, -0.05) is 25.4 Å². The van der Waals surface area contributed by atoms with Crippen LogP contribution in [0.15, 0.2) is 23.1 Å². The van der Waals surface area contributed by atoms with Crippen molar-refractivity contribution >= 4 is 23.4 Å².